The summed E-state index contributed by atoms with van der Waals surface area (Å²) >= 11 is 0. The molecule has 0 N–H and O–H groups in total. The minimum atomic E-state index is -0.113. The number of nitriles is 1. The highest BCUT2D eigenvalue weighted by Crippen LogP contribution is 2.46. The van der Waals surface area contributed by atoms with Crippen LogP contribution in [0.3, 0.4) is 0 Å². The van der Waals surface area contributed by atoms with Crippen LogP contribution in [0.2, 0.25) is 0 Å². The molecule has 1 aromatic heterocycles. The van der Waals surface area contributed by atoms with Crippen molar-refractivity contribution < 1.29 is 4.74 Å². The third-order valence-electron chi connectivity index (χ3n) is 7.90. The molecule has 1 aromatic carbocycles. The predicted octanol–water partition coefficient (Wildman–Crippen LogP) is 8.88. The normalized spacial score (nSPS) is 20.8. The van der Waals surface area contributed by atoms with Gasteiger partial charge in [-0.3, -0.25) is 0 Å². The summed E-state index contributed by atoms with van der Waals surface area (Å²) in [6, 6.07) is 11.4. The van der Waals surface area contributed by atoms with Crippen LogP contribution >= 0.6 is 0 Å². The molecule has 1 saturated carbocycles. The molecule has 0 saturated heterocycles. The molecule has 4 heteroatoms. The van der Waals surface area contributed by atoms with Gasteiger partial charge in [-0.2, -0.15) is 5.26 Å². The Kier molecular flexibility index (Phi) is 11.0. The number of nitrogens with zero attached hydrogens (tertiary/aromatic N) is 3. The van der Waals surface area contributed by atoms with Crippen molar-refractivity contribution >= 4 is 0 Å². The van der Waals surface area contributed by atoms with Crippen molar-refractivity contribution in [1.29, 1.82) is 5.26 Å². The lowest BCUT2D eigenvalue weighted by Crippen LogP contribution is -2.27. The molecule has 3 rings (SSSR count). The van der Waals surface area contributed by atoms with Gasteiger partial charge < -0.3 is 4.74 Å². The van der Waals surface area contributed by atoms with E-state index in [0.29, 0.717) is 11.8 Å². The largest absolute Gasteiger partial charge is 0.490 e. The molecule has 0 bridgehead atoms. The lowest BCUT2D eigenvalue weighted by Gasteiger charge is -2.36. The van der Waals surface area contributed by atoms with E-state index in [9.17, 15) is 5.26 Å². The van der Waals surface area contributed by atoms with Gasteiger partial charge in [-0.25, -0.2) is 9.97 Å². The third-order valence-corrected chi connectivity index (χ3v) is 7.90. The summed E-state index contributed by atoms with van der Waals surface area (Å²) in [5.74, 6) is 2.66. The summed E-state index contributed by atoms with van der Waals surface area (Å²) in [6.07, 6.45) is 19.0. The van der Waals surface area contributed by atoms with E-state index in [4.69, 9.17) is 4.74 Å². The summed E-state index contributed by atoms with van der Waals surface area (Å²) in [5, 5.41) is 9.86. The molecule has 1 fully saturated rings. The van der Waals surface area contributed by atoms with Crippen molar-refractivity contribution in [3.63, 3.8) is 0 Å². The van der Waals surface area contributed by atoms with Gasteiger partial charge in [0.05, 0.1) is 30.5 Å². The lowest BCUT2D eigenvalue weighted by molar-refractivity contribution is 0.198. The van der Waals surface area contributed by atoms with E-state index < -0.39 is 0 Å². The molecule has 0 radical (unpaired) electrons. The van der Waals surface area contributed by atoms with Crippen molar-refractivity contribution in [2.75, 3.05) is 6.61 Å². The number of benzene rings is 1. The van der Waals surface area contributed by atoms with E-state index in [1.807, 2.05) is 0 Å². The second-order valence-electron chi connectivity index (χ2n) is 10.7. The molecular weight excluding hydrogens is 430 g/mol. The van der Waals surface area contributed by atoms with Gasteiger partial charge in [0.2, 0.25) is 0 Å². The number of rotatable bonds is 14. The van der Waals surface area contributed by atoms with E-state index in [2.05, 4.69) is 61.1 Å². The van der Waals surface area contributed by atoms with Gasteiger partial charge >= 0.3 is 0 Å². The van der Waals surface area contributed by atoms with E-state index >= 15 is 0 Å². The highest BCUT2D eigenvalue weighted by molar-refractivity contribution is 5.55. The molecule has 2 aromatic rings. The first-order valence-corrected chi connectivity index (χ1v) is 14.1. The van der Waals surface area contributed by atoms with Crippen LogP contribution < -0.4 is 4.74 Å². The maximum absolute atomic E-state index is 9.86. The first kappa shape index (κ1) is 27.2. The summed E-state index contributed by atoms with van der Waals surface area (Å²) < 4.78 is 5.83. The number of hydrogen-bond donors (Lipinski definition) is 0. The quantitative estimate of drug-likeness (QED) is 0.256. The molecule has 4 nitrogen and oxygen atoms in total. The zero-order valence-corrected chi connectivity index (χ0v) is 22.3. The molecule has 190 valence electrons. The standard InChI is InChI=1S/C31H45N3O/c1-4-6-7-8-9-10-11-20-35-29-22-33-30(34-23-29)28-14-12-26(13-15-28)27-16-18-31(24-32,19-17-27)21-25(3)5-2/h12-15,22-23,25,27H,4-11,16-21H2,1-3H3/t25-,27-,31-/m1/s1. The Labute approximate surface area is 213 Å². The van der Waals surface area contributed by atoms with Gasteiger partial charge in [0, 0.05) is 5.56 Å². The highest BCUT2D eigenvalue weighted by atomic mass is 16.5. The number of unbranched alkanes of at least 4 members (excludes halogenated alkanes) is 6. The molecule has 1 atom stereocenters. The number of hydrogen-bond acceptors (Lipinski definition) is 4. The van der Waals surface area contributed by atoms with Crippen LogP contribution in [0, 0.1) is 22.7 Å². The van der Waals surface area contributed by atoms with Gasteiger partial charge in [-0.15, -0.1) is 0 Å². The van der Waals surface area contributed by atoms with Gasteiger partial charge in [-0.05, 0) is 55.9 Å². The maximum atomic E-state index is 9.86. The third kappa shape index (κ3) is 8.34. The Bertz CT molecular complexity index is 892. The average molecular weight is 476 g/mol. The van der Waals surface area contributed by atoms with Crippen LogP contribution in [0.15, 0.2) is 36.7 Å². The summed E-state index contributed by atoms with van der Waals surface area (Å²) in [6.45, 7) is 7.49. The molecule has 1 aliphatic rings. The molecule has 1 heterocycles. The first-order chi connectivity index (χ1) is 17.1. The second-order valence-corrected chi connectivity index (χ2v) is 10.7. The van der Waals surface area contributed by atoms with E-state index in [1.165, 1.54) is 44.1 Å². The summed E-state index contributed by atoms with van der Waals surface area (Å²) in [4.78, 5) is 9.07. The Morgan fingerprint density at radius 3 is 2.20 bits per heavy atom. The fraction of sp³-hybridized carbons (Fsp3) is 0.645. The average Bonchev–Trinajstić information content (AvgIpc) is 2.91. The number of ether oxygens (including phenoxy) is 1. The van der Waals surface area contributed by atoms with E-state index in [-0.39, 0.29) is 5.41 Å². The number of aromatic nitrogens is 2. The molecular formula is C31H45N3O. The molecule has 0 amide bonds. The van der Waals surface area contributed by atoms with E-state index in [0.717, 1.165) is 68.7 Å². The van der Waals surface area contributed by atoms with Crippen LogP contribution in [-0.4, -0.2) is 16.6 Å². The maximum Gasteiger partial charge on any atom is 0.159 e. The van der Waals surface area contributed by atoms with Crippen LogP contribution in [0.4, 0.5) is 0 Å². The second kappa shape index (κ2) is 14.2. The fourth-order valence-electron chi connectivity index (χ4n) is 5.37. The van der Waals surface area contributed by atoms with Gasteiger partial charge in [-0.1, -0.05) is 90.0 Å². The lowest BCUT2D eigenvalue weighted by atomic mass is 9.66. The van der Waals surface area contributed by atoms with Crippen LogP contribution in [0.25, 0.3) is 11.4 Å². The Balaban J connectivity index is 1.45. The minimum Gasteiger partial charge on any atom is -0.490 e. The van der Waals surface area contributed by atoms with Crippen LogP contribution in [0.5, 0.6) is 5.75 Å². The smallest absolute Gasteiger partial charge is 0.159 e. The Morgan fingerprint density at radius 1 is 0.971 bits per heavy atom. The van der Waals surface area contributed by atoms with E-state index in [1.54, 1.807) is 12.4 Å². The predicted molar refractivity (Wildman–Crippen MR) is 144 cm³/mol. The summed E-state index contributed by atoms with van der Waals surface area (Å²) in [7, 11) is 0. The van der Waals surface area contributed by atoms with Gasteiger partial charge in [0.1, 0.15) is 0 Å². The van der Waals surface area contributed by atoms with Crippen molar-refractivity contribution in [3.05, 3.63) is 42.2 Å². The fourth-order valence-corrected chi connectivity index (χ4v) is 5.37. The van der Waals surface area contributed by atoms with Crippen LogP contribution in [0.1, 0.15) is 116 Å². The SMILES string of the molecule is CCCCCCCCCOc1cnc(-c2ccc([C@H]3CC[C@@](C#N)(C[C@H](C)CC)CC3)cc2)nc1. The minimum absolute atomic E-state index is 0.113. The zero-order chi connectivity index (χ0) is 24.9. The van der Waals surface area contributed by atoms with Crippen molar-refractivity contribution in [2.45, 2.75) is 110 Å². The Morgan fingerprint density at radius 2 is 1.60 bits per heavy atom. The van der Waals surface area contributed by atoms with Crippen molar-refractivity contribution in [1.82, 2.24) is 9.97 Å². The molecule has 0 aliphatic heterocycles. The van der Waals surface area contributed by atoms with Crippen molar-refractivity contribution in [3.8, 4) is 23.2 Å². The highest BCUT2D eigenvalue weighted by Gasteiger charge is 2.36. The van der Waals surface area contributed by atoms with Crippen molar-refractivity contribution in [2.24, 2.45) is 11.3 Å². The Hall–Kier alpha value is -2.41. The topological polar surface area (TPSA) is 58.8 Å². The monoisotopic (exact) mass is 475 g/mol. The molecule has 35 heavy (non-hydrogen) atoms. The van der Waals surface area contributed by atoms with Gasteiger partial charge in [0.15, 0.2) is 11.6 Å². The van der Waals surface area contributed by atoms with Gasteiger partial charge in [0.25, 0.3) is 0 Å². The molecule has 0 spiro atoms. The van der Waals surface area contributed by atoms with Crippen LogP contribution in [-0.2, 0) is 0 Å². The molecule has 0 unspecified atom stereocenters. The first-order valence-electron chi connectivity index (χ1n) is 14.1. The summed E-state index contributed by atoms with van der Waals surface area (Å²) in [5.41, 5.74) is 2.29. The zero-order valence-electron chi connectivity index (χ0n) is 22.3. The molecule has 1 aliphatic carbocycles.